The third-order valence-corrected chi connectivity index (χ3v) is 6.87. The van der Waals surface area contributed by atoms with E-state index in [9.17, 15) is 4.79 Å². The lowest BCUT2D eigenvalue weighted by Crippen LogP contribution is -2.26. The van der Waals surface area contributed by atoms with E-state index in [0.717, 1.165) is 24.0 Å². The molecule has 34 heavy (non-hydrogen) atoms. The highest BCUT2D eigenvalue weighted by Gasteiger charge is 2.26. The standard InChI is InChI=1S/C24H19Cl2N7O/c1-14(34)31-7-5-16(12-31)33-11-15(9-28-33)20-10-27-19-6-8-32-13-21(30-24(32)23(19)29-20)22-17(25)3-2-4-18(22)26/h2-4,6,8-11,13,16H,5,7,12H2,1H3. The maximum Gasteiger partial charge on any atom is 0.219 e. The van der Waals surface area contributed by atoms with Gasteiger partial charge in [0.15, 0.2) is 5.65 Å². The van der Waals surface area contributed by atoms with Gasteiger partial charge in [0, 0.05) is 49.7 Å². The number of rotatable bonds is 3. The summed E-state index contributed by atoms with van der Waals surface area (Å²) in [5.41, 5.74) is 4.98. The van der Waals surface area contributed by atoms with Gasteiger partial charge in [-0.15, -0.1) is 0 Å². The van der Waals surface area contributed by atoms with E-state index in [0.29, 0.717) is 44.7 Å². The van der Waals surface area contributed by atoms with E-state index in [-0.39, 0.29) is 11.9 Å². The molecule has 1 aliphatic heterocycles. The molecule has 1 unspecified atom stereocenters. The minimum Gasteiger partial charge on any atom is -0.341 e. The molecule has 4 aromatic heterocycles. The number of imidazole rings is 1. The second-order valence-corrected chi connectivity index (χ2v) is 9.19. The Hall–Kier alpha value is -3.49. The molecule has 170 valence electrons. The fraction of sp³-hybridized carbons (Fsp3) is 0.208. The van der Waals surface area contributed by atoms with Gasteiger partial charge in [-0.25, -0.2) is 9.97 Å². The normalized spacial score (nSPS) is 16.1. The fourth-order valence-corrected chi connectivity index (χ4v) is 5.03. The zero-order valence-corrected chi connectivity index (χ0v) is 19.7. The van der Waals surface area contributed by atoms with Gasteiger partial charge in [-0.1, -0.05) is 29.3 Å². The first-order valence-electron chi connectivity index (χ1n) is 10.9. The number of fused-ring (bicyclic) bond motifs is 3. The number of amides is 1. The van der Waals surface area contributed by atoms with Gasteiger partial charge in [-0.3, -0.25) is 14.5 Å². The van der Waals surface area contributed by atoms with E-state index < -0.39 is 0 Å². The summed E-state index contributed by atoms with van der Waals surface area (Å²) in [6.07, 6.45) is 10.1. The van der Waals surface area contributed by atoms with Crippen LogP contribution in [-0.2, 0) is 4.79 Å². The number of benzene rings is 1. The molecule has 1 aliphatic rings. The first-order valence-corrected chi connectivity index (χ1v) is 11.6. The molecule has 1 saturated heterocycles. The van der Waals surface area contributed by atoms with Crippen molar-refractivity contribution in [2.24, 2.45) is 0 Å². The largest absolute Gasteiger partial charge is 0.341 e. The monoisotopic (exact) mass is 491 g/mol. The van der Waals surface area contributed by atoms with Gasteiger partial charge in [-0.2, -0.15) is 5.10 Å². The highest BCUT2D eigenvalue weighted by molar-refractivity contribution is 6.39. The molecule has 1 fully saturated rings. The molecule has 1 aromatic carbocycles. The molecule has 1 amide bonds. The number of aromatic nitrogens is 6. The number of hydrogen-bond acceptors (Lipinski definition) is 5. The Morgan fingerprint density at radius 3 is 2.65 bits per heavy atom. The quantitative estimate of drug-likeness (QED) is 0.358. The lowest BCUT2D eigenvalue weighted by molar-refractivity contribution is -0.127. The van der Waals surface area contributed by atoms with Crippen LogP contribution in [0.2, 0.25) is 10.0 Å². The van der Waals surface area contributed by atoms with Crippen molar-refractivity contribution in [2.45, 2.75) is 19.4 Å². The molecule has 0 saturated carbocycles. The van der Waals surface area contributed by atoms with Crippen LogP contribution < -0.4 is 0 Å². The van der Waals surface area contributed by atoms with Crippen LogP contribution in [0.3, 0.4) is 0 Å². The minimum absolute atomic E-state index is 0.0939. The maximum atomic E-state index is 11.7. The summed E-state index contributed by atoms with van der Waals surface area (Å²) in [6, 6.07) is 7.45. The Balaban J connectivity index is 1.40. The van der Waals surface area contributed by atoms with Gasteiger partial charge < -0.3 is 9.30 Å². The second kappa shape index (κ2) is 8.07. The zero-order valence-electron chi connectivity index (χ0n) is 18.2. The fourth-order valence-electron chi connectivity index (χ4n) is 4.43. The number of hydrogen-bond donors (Lipinski definition) is 0. The van der Waals surface area contributed by atoms with E-state index in [1.807, 2.05) is 38.6 Å². The number of pyridine rings is 1. The van der Waals surface area contributed by atoms with Gasteiger partial charge in [-0.05, 0) is 24.6 Å². The summed E-state index contributed by atoms with van der Waals surface area (Å²) in [4.78, 5) is 27.8. The Morgan fingerprint density at radius 1 is 1.06 bits per heavy atom. The van der Waals surface area contributed by atoms with E-state index in [2.05, 4.69) is 10.1 Å². The van der Waals surface area contributed by atoms with Crippen LogP contribution in [0.15, 0.2) is 55.2 Å². The van der Waals surface area contributed by atoms with Crippen molar-refractivity contribution < 1.29 is 4.79 Å². The Bertz CT molecular complexity index is 1550. The lowest BCUT2D eigenvalue weighted by atomic mass is 10.2. The third-order valence-electron chi connectivity index (χ3n) is 6.24. The molecule has 10 heteroatoms. The topological polar surface area (TPSA) is 81.2 Å². The molecule has 0 bridgehead atoms. The molecule has 5 heterocycles. The predicted molar refractivity (Wildman–Crippen MR) is 131 cm³/mol. The average molecular weight is 492 g/mol. The molecule has 8 nitrogen and oxygen atoms in total. The van der Waals surface area contributed by atoms with E-state index in [4.69, 9.17) is 33.2 Å². The molecule has 0 radical (unpaired) electrons. The van der Waals surface area contributed by atoms with Crippen LogP contribution in [0.4, 0.5) is 0 Å². The third kappa shape index (κ3) is 3.50. The van der Waals surface area contributed by atoms with Gasteiger partial charge in [0.25, 0.3) is 0 Å². The molecule has 5 aromatic rings. The SMILES string of the molecule is CC(=O)N1CCC(n2cc(-c3cnc4ccn5cc(-c6c(Cl)cccc6Cl)nc5c4n3)cn2)C1. The summed E-state index contributed by atoms with van der Waals surface area (Å²) in [5, 5.41) is 5.61. The second-order valence-electron chi connectivity index (χ2n) is 8.38. The van der Waals surface area contributed by atoms with Crippen molar-refractivity contribution in [3.8, 4) is 22.5 Å². The summed E-state index contributed by atoms with van der Waals surface area (Å²) in [7, 11) is 0. The van der Waals surface area contributed by atoms with E-state index in [1.54, 1.807) is 37.5 Å². The summed E-state index contributed by atoms with van der Waals surface area (Å²) >= 11 is 12.8. The Morgan fingerprint density at radius 2 is 1.88 bits per heavy atom. The van der Waals surface area contributed by atoms with Crippen LogP contribution in [0.1, 0.15) is 19.4 Å². The van der Waals surface area contributed by atoms with Crippen LogP contribution in [0, 0.1) is 0 Å². The lowest BCUT2D eigenvalue weighted by Gasteiger charge is -2.13. The highest BCUT2D eigenvalue weighted by atomic mass is 35.5. The van der Waals surface area contributed by atoms with Crippen LogP contribution in [0.25, 0.3) is 39.2 Å². The number of carbonyl (C=O) groups is 1. The molecule has 0 spiro atoms. The van der Waals surface area contributed by atoms with Gasteiger partial charge >= 0.3 is 0 Å². The number of nitrogens with zero attached hydrogens (tertiary/aromatic N) is 7. The zero-order chi connectivity index (χ0) is 23.4. The Kier molecular flexibility index (Phi) is 5.00. The summed E-state index contributed by atoms with van der Waals surface area (Å²) in [5.74, 6) is 0.0939. The van der Waals surface area contributed by atoms with Gasteiger partial charge in [0.2, 0.25) is 5.91 Å². The van der Waals surface area contributed by atoms with Crippen molar-refractivity contribution in [1.29, 1.82) is 0 Å². The van der Waals surface area contributed by atoms with Crippen molar-refractivity contribution in [2.75, 3.05) is 13.1 Å². The van der Waals surface area contributed by atoms with Gasteiger partial charge in [0.05, 0.1) is 45.4 Å². The van der Waals surface area contributed by atoms with Crippen molar-refractivity contribution in [3.63, 3.8) is 0 Å². The van der Waals surface area contributed by atoms with Crippen molar-refractivity contribution in [3.05, 3.63) is 65.3 Å². The number of halogens is 2. The molecule has 0 aliphatic carbocycles. The smallest absolute Gasteiger partial charge is 0.219 e. The minimum atomic E-state index is 0.0939. The predicted octanol–water partition coefficient (Wildman–Crippen LogP) is 4.91. The molecular weight excluding hydrogens is 473 g/mol. The van der Waals surface area contributed by atoms with Crippen molar-refractivity contribution in [1.82, 2.24) is 34.0 Å². The van der Waals surface area contributed by atoms with Gasteiger partial charge in [0.1, 0.15) is 5.52 Å². The van der Waals surface area contributed by atoms with E-state index in [1.165, 1.54) is 0 Å². The molecule has 6 rings (SSSR count). The van der Waals surface area contributed by atoms with Crippen LogP contribution in [-0.4, -0.2) is 53.0 Å². The maximum absolute atomic E-state index is 11.7. The van der Waals surface area contributed by atoms with E-state index >= 15 is 0 Å². The molecule has 1 atom stereocenters. The van der Waals surface area contributed by atoms with Crippen LogP contribution >= 0.6 is 23.2 Å². The number of carbonyl (C=O) groups excluding carboxylic acids is 1. The van der Waals surface area contributed by atoms with Crippen molar-refractivity contribution >= 4 is 45.8 Å². The number of likely N-dealkylation sites (tertiary alicyclic amines) is 1. The first kappa shape index (κ1) is 21.1. The molecule has 0 N–H and O–H groups in total. The van der Waals surface area contributed by atoms with Crippen LogP contribution in [0.5, 0.6) is 0 Å². The Labute approximate surface area is 204 Å². The highest BCUT2D eigenvalue weighted by Crippen LogP contribution is 2.35. The molecular formula is C24H19Cl2N7O. The first-order chi connectivity index (χ1) is 16.5. The summed E-state index contributed by atoms with van der Waals surface area (Å²) < 4.78 is 3.81. The average Bonchev–Trinajstić information content (AvgIpc) is 3.57. The summed E-state index contributed by atoms with van der Waals surface area (Å²) in [6.45, 7) is 3.02.